The van der Waals surface area contributed by atoms with Gasteiger partial charge in [-0.25, -0.2) is 4.98 Å². The van der Waals surface area contributed by atoms with E-state index < -0.39 is 5.54 Å². The topological polar surface area (TPSA) is 84.2 Å². The third-order valence-corrected chi connectivity index (χ3v) is 6.52. The van der Waals surface area contributed by atoms with Gasteiger partial charge in [0.25, 0.3) is 5.91 Å². The van der Waals surface area contributed by atoms with Crippen molar-refractivity contribution in [2.75, 3.05) is 11.9 Å². The van der Waals surface area contributed by atoms with E-state index in [4.69, 9.17) is 4.42 Å². The summed E-state index contributed by atoms with van der Waals surface area (Å²) in [4.78, 5) is 19.6. The fraction of sp³-hybridized carbons (Fsp3) is 0.647. The van der Waals surface area contributed by atoms with Gasteiger partial charge in [-0.05, 0) is 38.0 Å². The van der Waals surface area contributed by atoms with Crippen LogP contribution in [0.3, 0.4) is 0 Å². The molecule has 3 aliphatic rings. The lowest BCUT2D eigenvalue weighted by molar-refractivity contribution is -0.00387. The molecule has 1 amide bonds. The van der Waals surface area contributed by atoms with Gasteiger partial charge in [0.2, 0.25) is 11.8 Å². The molecule has 0 bridgehead atoms. The van der Waals surface area contributed by atoms with Crippen LogP contribution in [0.4, 0.5) is 5.13 Å². The predicted molar refractivity (Wildman–Crippen MR) is 92.5 cm³/mol. The molecule has 2 aromatic rings. The van der Waals surface area contributed by atoms with Crippen molar-refractivity contribution < 1.29 is 9.21 Å². The van der Waals surface area contributed by atoms with Crippen LogP contribution in [0.25, 0.3) is 0 Å². The molecule has 3 fully saturated rings. The molecule has 5 rings (SSSR count). The van der Waals surface area contributed by atoms with Crippen LogP contribution < -0.4 is 5.32 Å². The largest absolute Gasteiger partial charge is 0.423 e. The number of aryl methyl sites for hydroxylation is 1. The lowest BCUT2D eigenvalue weighted by atomic mass is 9.67. The molecule has 25 heavy (non-hydrogen) atoms. The van der Waals surface area contributed by atoms with Crippen LogP contribution in [0.2, 0.25) is 0 Å². The first kappa shape index (κ1) is 15.3. The first-order chi connectivity index (χ1) is 12.2. The molecule has 7 nitrogen and oxygen atoms in total. The smallest absolute Gasteiger partial charge is 0.274 e. The van der Waals surface area contributed by atoms with Crippen molar-refractivity contribution in [1.29, 1.82) is 0 Å². The summed E-state index contributed by atoms with van der Waals surface area (Å²) in [5, 5.41) is 14.5. The maximum absolute atomic E-state index is 13.2. The Hall–Kier alpha value is -1.96. The lowest BCUT2D eigenvalue weighted by Crippen LogP contribution is -2.54. The Morgan fingerprint density at radius 3 is 2.96 bits per heavy atom. The zero-order chi connectivity index (χ0) is 17.0. The number of nitrogens with zero attached hydrogens (tertiary/aromatic N) is 4. The highest BCUT2D eigenvalue weighted by molar-refractivity contribution is 7.13. The van der Waals surface area contributed by atoms with Gasteiger partial charge in [0, 0.05) is 24.4 Å². The third-order valence-electron chi connectivity index (χ3n) is 5.75. The Labute approximate surface area is 149 Å². The van der Waals surface area contributed by atoms with Gasteiger partial charge >= 0.3 is 0 Å². The van der Waals surface area contributed by atoms with Crippen molar-refractivity contribution in [3.63, 3.8) is 0 Å². The van der Waals surface area contributed by atoms with E-state index in [1.54, 1.807) is 0 Å². The molecule has 0 spiro atoms. The second kappa shape index (κ2) is 5.52. The van der Waals surface area contributed by atoms with Crippen molar-refractivity contribution >= 4 is 22.4 Å². The van der Waals surface area contributed by atoms with E-state index in [0.717, 1.165) is 30.9 Å². The van der Waals surface area contributed by atoms with Crippen LogP contribution in [0.5, 0.6) is 0 Å². The summed E-state index contributed by atoms with van der Waals surface area (Å²) in [5.74, 6) is 1.65. The molecule has 3 heterocycles. The molecule has 2 aromatic heterocycles. The summed E-state index contributed by atoms with van der Waals surface area (Å²) >= 11 is 1.51. The molecule has 8 heteroatoms. The molecule has 2 aliphatic carbocycles. The zero-order valence-electron chi connectivity index (χ0n) is 14.2. The highest BCUT2D eigenvalue weighted by Gasteiger charge is 2.61. The normalized spacial score (nSPS) is 27.9. The number of anilines is 1. The van der Waals surface area contributed by atoms with Crippen molar-refractivity contribution in [2.45, 2.75) is 57.0 Å². The molecule has 1 saturated heterocycles. The summed E-state index contributed by atoms with van der Waals surface area (Å²) in [6.07, 6.45) is 6.09. The zero-order valence-corrected chi connectivity index (χ0v) is 15.0. The van der Waals surface area contributed by atoms with Crippen LogP contribution in [0, 0.1) is 5.92 Å². The molecule has 2 saturated carbocycles. The molecule has 1 aliphatic heterocycles. The van der Waals surface area contributed by atoms with E-state index in [1.165, 1.54) is 24.2 Å². The first-order valence-corrected chi connectivity index (χ1v) is 9.95. The Morgan fingerprint density at radius 1 is 1.40 bits per heavy atom. The molecule has 0 aromatic carbocycles. The molecule has 1 N–H and O–H groups in total. The minimum absolute atomic E-state index is 0.0152. The fourth-order valence-electron chi connectivity index (χ4n) is 4.07. The summed E-state index contributed by atoms with van der Waals surface area (Å²) in [7, 11) is 0. The van der Waals surface area contributed by atoms with Crippen molar-refractivity contribution in [1.82, 2.24) is 20.1 Å². The number of amides is 1. The summed E-state index contributed by atoms with van der Waals surface area (Å²) in [5.41, 5.74) is 0.112. The van der Waals surface area contributed by atoms with E-state index in [-0.39, 0.29) is 5.91 Å². The Morgan fingerprint density at radius 2 is 2.28 bits per heavy atom. The van der Waals surface area contributed by atoms with Gasteiger partial charge in [-0.2, -0.15) is 0 Å². The van der Waals surface area contributed by atoms with Gasteiger partial charge in [0.15, 0.2) is 5.13 Å². The van der Waals surface area contributed by atoms with Gasteiger partial charge in [-0.15, -0.1) is 21.5 Å². The first-order valence-electron chi connectivity index (χ1n) is 9.07. The number of hydrogen-bond donors (Lipinski definition) is 1. The average molecular weight is 359 g/mol. The average Bonchev–Trinajstić information content (AvgIpc) is 3.00. The maximum Gasteiger partial charge on any atom is 0.274 e. The van der Waals surface area contributed by atoms with E-state index in [0.29, 0.717) is 35.9 Å². The van der Waals surface area contributed by atoms with Crippen LogP contribution in [0.1, 0.15) is 61.3 Å². The van der Waals surface area contributed by atoms with Crippen LogP contribution >= 0.6 is 11.3 Å². The van der Waals surface area contributed by atoms with Crippen molar-refractivity contribution in [2.24, 2.45) is 5.92 Å². The third kappa shape index (κ3) is 2.30. The summed E-state index contributed by atoms with van der Waals surface area (Å²) in [6, 6.07) is 0.536. The summed E-state index contributed by atoms with van der Waals surface area (Å²) in [6.45, 7) is 2.73. The van der Waals surface area contributed by atoms with Crippen molar-refractivity contribution in [3.05, 3.63) is 22.9 Å². The number of carbonyl (C=O) groups excluding carboxylic acids is 1. The molecule has 2 atom stereocenters. The standard InChI is InChI=1S/C17H21N5O2S/c1-2-13-20-21-15(24-13)17-7-5-10(17)6-8-22(17)14(23)12-9-25-16(19-12)18-11-3-4-11/h9-11H,2-8H2,1H3,(H,18,19)/t10-,17-/m0/s1. The minimum atomic E-state index is -0.412. The molecular weight excluding hydrogens is 338 g/mol. The second-order valence-corrected chi connectivity index (χ2v) is 8.07. The van der Waals surface area contributed by atoms with Gasteiger partial charge < -0.3 is 14.6 Å². The van der Waals surface area contributed by atoms with E-state index in [2.05, 4.69) is 20.5 Å². The highest BCUT2D eigenvalue weighted by Crippen LogP contribution is 2.56. The van der Waals surface area contributed by atoms with Crippen LogP contribution in [0.15, 0.2) is 9.80 Å². The second-order valence-electron chi connectivity index (χ2n) is 7.22. The minimum Gasteiger partial charge on any atom is -0.423 e. The number of fused-ring (bicyclic) bond motifs is 1. The Balaban J connectivity index is 1.43. The van der Waals surface area contributed by atoms with Gasteiger partial charge in [-0.1, -0.05) is 6.92 Å². The number of nitrogens with one attached hydrogen (secondary N) is 1. The van der Waals surface area contributed by atoms with Crippen LogP contribution in [-0.4, -0.2) is 38.6 Å². The number of rotatable bonds is 5. The molecular formula is C17H21N5O2S. The SMILES string of the molecule is CCc1nnc([C@]23CC[C@H]2CCN3C(=O)c2csc(NC3CC3)n2)o1. The number of hydrogen-bond acceptors (Lipinski definition) is 7. The summed E-state index contributed by atoms with van der Waals surface area (Å²) < 4.78 is 5.88. The number of thiazole rings is 1. The number of carbonyl (C=O) groups is 1. The van der Waals surface area contributed by atoms with Gasteiger partial charge in [-0.3, -0.25) is 4.79 Å². The predicted octanol–water partition coefficient (Wildman–Crippen LogP) is 2.81. The van der Waals surface area contributed by atoms with Gasteiger partial charge in [0.1, 0.15) is 11.2 Å². The Bertz CT molecular complexity index is 814. The van der Waals surface area contributed by atoms with Crippen molar-refractivity contribution in [3.8, 4) is 0 Å². The fourth-order valence-corrected chi connectivity index (χ4v) is 4.84. The molecule has 0 radical (unpaired) electrons. The number of likely N-dealkylation sites (tertiary alicyclic amines) is 1. The maximum atomic E-state index is 13.2. The monoisotopic (exact) mass is 359 g/mol. The molecule has 0 unspecified atom stereocenters. The lowest BCUT2D eigenvalue weighted by Gasteiger charge is -2.46. The Kier molecular flexibility index (Phi) is 3.38. The van der Waals surface area contributed by atoms with E-state index in [1.807, 2.05) is 17.2 Å². The highest BCUT2D eigenvalue weighted by atomic mass is 32.1. The molecule has 132 valence electrons. The van der Waals surface area contributed by atoms with E-state index >= 15 is 0 Å². The quantitative estimate of drug-likeness (QED) is 0.884. The number of aromatic nitrogens is 3. The van der Waals surface area contributed by atoms with Gasteiger partial charge in [0.05, 0.1) is 0 Å². The van der Waals surface area contributed by atoms with E-state index in [9.17, 15) is 4.79 Å². The van der Waals surface area contributed by atoms with Crippen LogP contribution in [-0.2, 0) is 12.0 Å².